The molecule has 2 N–H and O–H groups in total. The highest BCUT2D eigenvalue weighted by Gasteiger charge is 2.30. The Morgan fingerprint density at radius 1 is 1.33 bits per heavy atom. The number of amides is 1. The van der Waals surface area contributed by atoms with E-state index in [4.69, 9.17) is 17.3 Å². The Labute approximate surface area is 125 Å². The number of alkyl halides is 1. The molecule has 0 radical (unpaired) electrons. The standard InChI is InChI=1S/C14H16ClF2N3O/c1-6(2)11(13(18)21)20-12-9(19-14(20)7(3)15)5-4-8(16)10(12)17/h4-7,11H,1-3H3,(H2,18,21). The van der Waals surface area contributed by atoms with Crippen LogP contribution in [0.2, 0.25) is 0 Å². The minimum Gasteiger partial charge on any atom is -0.368 e. The zero-order valence-electron chi connectivity index (χ0n) is 11.9. The Morgan fingerprint density at radius 2 is 1.95 bits per heavy atom. The number of imidazole rings is 1. The minimum absolute atomic E-state index is 0.0880. The molecule has 7 heteroatoms. The summed E-state index contributed by atoms with van der Waals surface area (Å²) in [6, 6.07) is 1.49. The molecule has 2 atom stereocenters. The average molecular weight is 316 g/mol. The van der Waals surface area contributed by atoms with Gasteiger partial charge in [-0.1, -0.05) is 13.8 Å². The molecule has 0 aliphatic rings. The van der Waals surface area contributed by atoms with Crippen molar-refractivity contribution in [2.45, 2.75) is 32.2 Å². The smallest absolute Gasteiger partial charge is 0.240 e. The van der Waals surface area contributed by atoms with E-state index < -0.39 is 29.0 Å². The number of carbonyl (C=O) groups excluding carboxylic acids is 1. The number of carbonyl (C=O) groups is 1. The number of fused-ring (bicyclic) bond motifs is 1. The fraction of sp³-hybridized carbons (Fsp3) is 0.429. The first kappa shape index (κ1) is 15.7. The monoisotopic (exact) mass is 315 g/mol. The molecule has 1 aromatic heterocycles. The van der Waals surface area contributed by atoms with E-state index in [0.29, 0.717) is 0 Å². The van der Waals surface area contributed by atoms with Crippen LogP contribution >= 0.6 is 11.6 Å². The molecule has 0 fully saturated rings. The van der Waals surface area contributed by atoms with E-state index in [1.54, 1.807) is 20.8 Å². The van der Waals surface area contributed by atoms with Gasteiger partial charge >= 0.3 is 0 Å². The van der Waals surface area contributed by atoms with E-state index in [1.807, 2.05) is 0 Å². The summed E-state index contributed by atoms with van der Waals surface area (Å²) >= 11 is 6.07. The fourth-order valence-electron chi connectivity index (χ4n) is 2.46. The lowest BCUT2D eigenvalue weighted by Crippen LogP contribution is -2.32. The predicted molar refractivity (Wildman–Crippen MR) is 77.0 cm³/mol. The van der Waals surface area contributed by atoms with Crippen molar-refractivity contribution in [1.29, 1.82) is 0 Å². The van der Waals surface area contributed by atoms with Crippen molar-refractivity contribution >= 4 is 28.5 Å². The highest BCUT2D eigenvalue weighted by Crippen LogP contribution is 2.33. The van der Waals surface area contributed by atoms with Crippen LogP contribution in [0.5, 0.6) is 0 Å². The summed E-state index contributed by atoms with van der Waals surface area (Å²) in [5.74, 6) is -2.66. The van der Waals surface area contributed by atoms with Crippen molar-refractivity contribution in [1.82, 2.24) is 9.55 Å². The Bertz CT molecular complexity index is 697. The Morgan fingerprint density at radius 3 is 2.43 bits per heavy atom. The van der Waals surface area contributed by atoms with Gasteiger partial charge in [0.05, 0.1) is 10.9 Å². The average Bonchev–Trinajstić information content (AvgIpc) is 2.73. The number of hydrogen-bond acceptors (Lipinski definition) is 2. The number of benzene rings is 1. The van der Waals surface area contributed by atoms with Gasteiger partial charge in [0, 0.05) is 0 Å². The van der Waals surface area contributed by atoms with Crippen LogP contribution in [0.3, 0.4) is 0 Å². The first-order valence-electron chi connectivity index (χ1n) is 6.55. The van der Waals surface area contributed by atoms with Crippen molar-refractivity contribution in [2.75, 3.05) is 0 Å². The van der Waals surface area contributed by atoms with Gasteiger partial charge in [-0.25, -0.2) is 13.8 Å². The highest BCUT2D eigenvalue weighted by molar-refractivity contribution is 6.20. The van der Waals surface area contributed by atoms with Gasteiger partial charge in [0.2, 0.25) is 5.91 Å². The zero-order chi connectivity index (χ0) is 15.9. The number of nitrogens with two attached hydrogens (primary N) is 1. The molecule has 1 aromatic carbocycles. The van der Waals surface area contributed by atoms with Gasteiger partial charge in [0.1, 0.15) is 17.4 Å². The molecule has 0 spiro atoms. The predicted octanol–water partition coefficient (Wildman–Crippen LogP) is 3.30. The molecule has 2 rings (SSSR count). The van der Waals surface area contributed by atoms with Gasteiger partial charge in [-0.15, -0.1) is 11.6 Å². The van der Waals surface area contributed by atoms with Crippen molar-refractivity contribution in [2.24, 2.45) is 11.7 Å². The van der Waals surface area contributed by atoms with E-state index in [1.165, 1.54) is 10.6 Å². The number of hydrogen-bond donors (Lipinski definition) is 1. The van der Waals surface area contributed by atoms with E-state index in [-0.39, 0.29) is 22.8 Å². The second kappa shape index (κ2) is 5.60. The molecule has 21 heavy (non-hydrogen) atoms. The maximum absolute atomic E-state index is 14.2. The normalized spacial score (nSPS) is 14.6. The molecule has 1 amide bonds. The van der Waals surface area contributed by atoms with Crippen LogP contribution in [-0.4, -0.2) is 15.5 Å². The summed E-state index contributed by atoms with van der Waals surface area (Å²) in [7, 11) is 0. The maximum Gasteiger partial charge on any atom is 0.240 e. The van der Waals surface area contributed by atoms with Crippen LogP contribution in [0.15, 0.2) is 12.1 Å². The summed E-state index contributed by atoms with van der Waals surface area (Å²) in [6.07, 6.45) is 0. The van der Waals surface area contributed by atoms with Crippen LogP contribution in [-0.2, 0) is 4.79 Å². The van der Waals surface area contributed by atoms with Crippen molar-refractivity contribution in [3.05, 3.63) is 29.6 Å². The van der Waals surface area contributed by atoms with Gasteiger partial charge < -0.3 is 10.3 Å². The summed E-state index contributed by atoms with van der Waals surface area (Å²) < 4.78 is 29.0. The van der Waals surface area contributed by atoms with Crippen molar-refractivity contribution in [3.63, 3.8) is 0 Å². The Kier molecular flexibility index (Phi) is 4.18. The van der Waals surface area contributed by atoms with Gasteiger partial charge in [0.15, 0.2) is 11.6 Å². The van der Waals surface area contributed by atoms with E-state index in [9.17, 15) is 13.6 Å². The van der Waals surface area contributed by atoms with E-state index in [2.05, 4.69) is 4.98 Å². The third-order valence-electron chi connectivity index (χ3n) is 3.33. The molecule has 1 heterocycles. The quantitative estimate of drug-likeness (QED) is 0.880. The molecule has 0 aliphatic carbocycles. The Balaban J connectivity index is 2.89. The number of primary amides is 1. The summed E-state index contributed by atoms with van der Waals surface area (Å²) in [5.41, 5.74) is 5.58. The number of rotatable bonds is 4. The molecule has 4 nitrogen and oxygen atoms in total. The maximum atomic E-state index is 14.2. The van der Waals surface area contributed by atoms with Crippen molar-refractivity contribution < 1.29 is 13.6 Å². The van der Waals surface area contributed by atoms with Gasteiger partial charge in [0.25, 0.3) is 0 Å². The van der Waals surface area contributed by atoms with Crippen LogP contribution in [0.1, 0.15) is 38.0 Å². The van der Waals surface area contributed by atoms with Gasteiger partial charge in [-0.05, 0) is 25.0 Å². The highest BCUT2D eigenvalue weighted by atomic mass is 35.5. The van der Waals surface area contributed by atoms with Crippen LogP contribution in [0.25, 0.3) is 11.0 Å². The summed E-state index contributed by atoms with van der Waals surface area (Å²) in [5, 5.41) is -0.583. The molecule has 114 valence electrons. The topological polar surface area (TPSA) is 60.9 Å². The second-order valence-corrected chi connectivity index (χ2v) is 5.93. The molecular formula is C14H16ClF2N3O. The molecule has 0 saturated carbocycles. The van der Waals surface area contributed by atoms with Crippen LogP contribution in [0, 0.1) is 17.6 Å². The van der Waals surface area contributed by atoms with Gasteiger partial charge in [-0.2, -0.15) is 0 Å². The minimum atomic E-state index is -1.06. The molecule has 0 bridgehead atoms. The molecular weight excluding hydrogens is 300 g/mol. The lowest BCUT2D eigenvalue weighted by atomic mass is 10.0. The van der Waals surface area contributed by atoms with Crippen LogP contribution in [0.4, 0.5) is 8.78 Å². The SMILES string of the molecule is CC(Cl)c1nc2ccc(F)c(F)c2n1C(C(N)=O)C(C)C. The van der Waals surface area contributed by atoms with E-state index in [0.717, 1.165) is 6.07 Å². The first-order valence-corrected chi connectivity index (χ1v) is 6.98. The van der Waals surface area contributed by atoms with E-state index >= 15 is 0 Å². The second-order valence-electron chi connectivity index (χ2n) is 5.28. The molecule has 2 unspecified atom stereocenters. The lowest BCUT2D eigenvalue weighted by molar-refractivity contribution is -0.122. The zero-order valence-corrected chi connectivity index (χ0v) is 12.7. The number of aromatic nitrogens is 2. The summed E-state index contributed by atoms with van der Waals surface area (Å²) in [4.78, 5) is 16.0. The van der Waals surface area contributed by atoms with Gasteiger partial charge in [-0.3, -0.25) is 4.79 Å². The lowest BCUT2D eigenvalue weighted by Gasteiger charge is -2.23. The summed E-state index contributed by atoms with van der Waals surface area (Å²) in [6.45, 7) is 5.17. The number of nitrogens with zero attached hydrogens (tertiary/aromatic N) is 2. The fourth-order valence-corrected chi connectivity index (χ4v) is 2.61. The first-order chi connectivity index (χ1) is 9.75. The largest absolute Gasteiger partial charge is 0.368 e. The third-order valence-corrected chi connectivity index (χ3v) is 3.52. The third kappa shape index (κ3) is 2.60. The number of halogens is 3. The van der Waals surface area contributed by atoms with Crippen molar-refractivity contribution in [3.8, 4) is 0 Å². The van der Waals surface area contributed by atoms with Crippen LogP contribution < -0.4 is 5.73 Å². The molecule has 0 saturated heterocycles. The molecule has 2 aromatic rings. The Hall–Kier alpha value is -1.69. The molecule has 0 aliphatic heterocycles.